The Bertz CT molecular complexity index is 394. The van der Waals surface area contributed by atoms with E-state index in [0.717, 1.165) is 24.7 Å². The van der Waals surface area contributed by atoms with Crippen molar-refractivity contribution in [3.63, 3.8) is 0 Å². The van der Waals surface area contributed by atoms with E-state index in [9.17, 15) is 0 Å². The Morgan fingerprint density at radius 1 is 1.59 bits per heavy atom. The minimum atomic E-state index is -0.167. The van der Waals surface area contributed by atoms with Gasteiger partial charge in [0.05, 0.1) is 17.4 Å². The topological polar surface area (TPSA) is 64.3 Å². The van der Waals surface area contributed by atoms with Crippen molar-refractivity contribution in [3.05, 3.63) is 18.0 Å². The van der Waals surface area contributed by atoms with E-state index in [-0.39, 0.29) is 11.7 Å². The lowest BCUT2D eigenvalue weighted by atomic mass is 10.1. The fraction of sp³-hybridized carbons (Fsp3) is 0.667. The number of aromatic nitrogens is 2. The lowest BCUT2D eigenvalue weighted by molar-refractivity contribution is -0.0753. The Labute approximate surface area is 102 Å². The van der Waals surface area contributed by atoms with Crippen LogP contribution < -0.4 is 10.6 Å². The first-order valence-electron chi connectivity index (χ1n) is 5.95. The molecule has 2 rings (SSSR count). The molecule has 17 heavy (non-hydrogen) atoms. The molecule has 0 spiro atoms. The third-order valence-corrected chi connectivity index (χ3v) is 2.76. The van der Waals surface area contributed by atoms with Crippen molar-refractivity contribution < 1.29 is 4.74 Å². The van der Waals surface area contributed by atoms with E-state index in [2.05, 4.69) is 35.6 Å². The molecule has 0 radical (unpaired) electrons. The molecule has 1 fully saturated rings. The molecule has 0 amide bonds. The summed E-state index contributed by atoms with van der Waals surface area (Å²) in [7, 11) is 0. The second kappa shape index (κ2) is 4.58. The summed E-state index contributed by atoms with van der Waals surface area (Å²) in [5.74, 6) is 0.746. The molecule has 1 unspecified atom stereocenters. The second-order valence-corrected chi connectivity index (χ2v) is 5.12. The molecule has 2 heterocycles. The first kappa shape index (κ1) is 12.3. The molecular formula is C12H20N4O. The van der Waals surface area contributed by atoms with Gasteiger partial charge in [0, 0.05) is 25.8 Å². The van der Waals surface area contributed by atoms with Gasteiger partial charge in [-0.2, -0.15) is 0 Å². The van der Waals surface area contributed by atoms with Crippen molar-refractivity contribution in [2.75, 3.05) is 18.0 Å². The van der Waals surface area contributed by atoms with Gasteiger partial charge in [-0.15, -0.1) is 0 Å². The maximum atomic E-state index is 5.86. The molecule has 0 aromatic carbocycles. The molecule has 0 bridgehead atoms. The molecule has 5 nitrogen and oxygen atoms in total. The highest BCUT2D eigenvalue weighted by atomic mass is 16.5. The number of anilines is 1. The fourth-order valence-corrected chi connectivity index (χ4v) is 2.26. The van der Waals surface area contributed by atoms with Gasteiger partial charge in [-0.25, -0.2) is 9.97 Å². The number of nitrogens with zero attached hydrogens (tertiary/aromatic N) is 3. The van der Waals surface area contributed by atoms with Crippen molar-refractivity contribution in [1.82, 2.24) is 9.97 Å². The summed E-state index contributed by atoms with van der Waals surface area (Å²) in [4.78, 5) is 10.9. The van der Waals surface area contributed by atoms with Gasteiger partial charge in [0.15, 0.2) is 0 Å². The molecule has 1 saturated heterocycles. The van der Waals surface area contributed by atoms with Crippen molar-refractivity contribution in [2.24, 2.45) is 5.73 Å². The summed E-state index contributed by atoms with van der Waals surface area (Å²) in [6.07, 6.45) is 1.95. The van der Waals surface area contributed by atoms with Crippen LogP contribution in [0.1, 0.15) is 26.5 Å². The standard InChI is InChI=1S/C12H20N4O/c1-9-7-16(8-12(2,3)17-9)11-14-5-4-10(6-13)15-11/h4-5,9H,6-8,13H2,1-3H3. The smallest absolute Gasteiger partial charge is 0.225 e. The van der Waals surface area contributed by atoms with Crippen LogP contribution in [-0.2, 0) is 11.3 Å². The molecule has 0 saturated carbocycles. The average molecular weight is 236 g/mol. The quantitative estimate of drug-likeness (QED) is 0.828. The van der Waals surface area contributed by atoms with Crippen molar-refractivity contribution in [3.8, 4) is 0 Å². The van der Waals surface area contributed by atoms with E-state index in [4.69, 9.17) is 10.5 Å². The minimum absolute atomic E-state index is 0.167. The summed E-state index contributed by atoms with van der Waals surface area (Å²) in [5, 5.41) is 0. The van der Waals surface area contributed by atoms with Crippen LogP contribution in [0.15, 0.2) is 12.3 Å². The summed E-state index contributed by atoms with van der Waals surface area (Å²) in [5.41, 5.74) is 6.30. The number of ether oxygens (including phenoxy) is 1. The van der Waals surface area contributed by atoms with E-state index in [1.807, 2.05) is 6.07 Å². The lowest BCUT2D eigenvalue weighted by Crippen LogP contribution is -2.52. The maximum absolute atomic E-state index is 5.86. The molecule has 2 N–H and O–H groups in total. The summed E-state index contributed by atoms with van der Waals surface area (Å²) < 4.78 is 5.86. The third-order valence-electron chi connectivity index (χ3n) is 2.76. The van der Waals surface area contributed by atoms with Crippen LogP contribution in [0, 0.1) is 0 Å². The van der Waals surface area contributed by atoms with Gasteiger partial charge in [-0.3, -0.25) is 0 Å². The van der Waals surface area contributed by atoms with Gasteiger partial charge in [-0.1, -0.05) is 0 Å². The highest BCUT2D eigenvalue weighted by Gasteiger charge is 2.32. The van der Waals surface area contributed by atoms with Gasteiger partial charge in [-0.05, 0) is 26.8 Å². The zero-order chi connectivity index (χ0) is 12.5. The third kappa shape index (κ3) is 2.92. The Kier molecular flexibility index (Phi) is 3.31. The molecule has 94 valence electrons. The Hall–Kier alpha value is -1.20. The molecule has 1 aromatic heterocycles. The van der Waals surface area contributed by atoms with Crippen LogP contribution in [0.3, 0.4) is 0 Å². The molecule has 5 heteroatoms. The molecular weight excluding hydrogens is 216 g/mol. The number of hydrogen-bond acceptors (Lipinski definition) is 5. The molecule has 1 aromatic rings. The lowest BCUT2D eigenvalue weighted by Gasteiger charge is -2.41. The van der Waals surface area contributed by atoms with Crippen molar-refractivity contribution in [1.29, 1.82) is 0 Å². The summed E-state index contributed by atoms with van der Waals surface area (Å²) in [6, 6.07) is 1.85. The SMILES string of the molecule is CC1CN(c2nccc(CN)n2)CC(C)(C)O1. The highest BCUT2D eigenvalue weighted by molar-refractivity contribution is 5.32. The van der Waals surface area contributed by atoms with Crippen molar-refractivity contribution >= 4 is 5.95 Å². The molecule has 0 aliphatic carbocycles. The Morgan fingerprint density at radius 2 is 2.35 bits per heavy atom. The van der Waals surface area contributed by atoms with Gasteiger partial charge in [0.25, 0.3) is 0 Å². The fourth-order valence-electron chi connectivity index (χ4n) is 2.26. The molecule has 1 aliphatic heterocycles. The van der Waals surface area contributed by atoms with Crippen LogP contribution in [0.5, 0.6) is 0 Å². The summed E-state index contributed by atoms with van der Waals surface area (Å²) in [6.45, 7) is 8.30. The normalized spacial score (nSPS) is 23.8. The van der Waals surface area contributed by atoms with Crippen molar-refractivity contribution in [2.45, 2.75) is 39.0 Å². The van der Waals surface area contributed by atoms with Crippen LogP contribution in [-0.4, -0.2) is 34.8 Å². The van der Waals surface area contributed by atoms with E-state index >= 15 is 0 Å². The maximum Gasteiger partial charge on any atom is 0.225 e. The van der Waals surface area contributed by atoms with Crippen LogP contribution in [0.2, 0.25) is 0 Å². The largest absolute Gasteiger partial charge is 0.369 e. The first-order valence-corrected chi connectivity index (χ1v) is 5.95. The monoisotopic (exact) mass is 236 g/mol. The Balaban J connectivity index is 2.20. The number of morpholine rings is 1. The summed E-state index contributed by atoms with van der Waals surface area (Å²) >= 11 is 0. The number of nitrogens with two attached hydrogens (primary N) is 1. The average Bonchev–Trinajstić information content (AvgIpc) is 2.26. The van der Waals surface area contributed by atoms with Gasteiger partial charge in [0.2, 0.25) is 5.95 Å². The zero-order valence-electron chi connectivity index (χ0n) is 10.7. The number of rotatable bonds is 2. The molecule has 1 atom stereocenters. The van der Waals surface area contributed by atoms with E-state index in [0.29, 0.717) is 6.54 Å². The second-order valence-electron chi connectivity index (χ2n) is 5.12. The highest BCUT2D eigenvalue weighted by Crippen LogP contribution is 2.23. The van der Waals surface area contributed by atoms with Gasteiger partial charge in [0.1, 0.15) is 0 Å². The van der Waals surface area contributed by atoms with E-state index in [1.54, 1.807) is 6.20 Å². The minimum Gasteiger partial charge on any atom is -0.369 e. The van der Waals surface area contributed by atoms with E-state index < -0.39 is 0 Å². The predicted octanol–water partition coefficient (Wildman–Crippen LogP) is 0.939. The van der Waals surface area contributed by atoms with E-state index in [1.165, 1.54) is 0 Å². The predicted molar refractivity (Wildman–Crippen MR) is 66.8 cm³/mol. The van der Waals surface area contributed by atoms with Gasteiger partial charge >= 0.3 is 0 Å². The molecule has 1 aliphatic rings. The van der Waals surface area contributed by atoms with Gasteiger partial charge < -0.3 is 15.4 Å². The van der Waals surface area contributed by atoms with Crippen LogP contribution in [0.25, 0.3) is 0 Å². The zero-order valence-corrected chi connectivity index (χ0v) is 10.7. The Morgan fingerprint density at radius 3 is 3.00 bits per heavy atom. The van der Waals surface area contributed by atoms with Crippen LogP contribution >= 0.6 is 0 Å². The number of hydrogen-bond donors (Lipinski definition) is 1. The first-order chi connectivity index (χ1) is 8.00. The van der Waals surface area contributed by atoms with Crippen LogP contribution in [0.4, 0.5) is 5.95 Å².